The summed E-state index contributed by atoms with van der Waals surface area (Å²) in [7, 11) is 1.80. The van der Waals surface area contributed by atoms with Crippen molar-refractivity contribution < 1.29 is 9.59 Å². The van der Waals surface area contributed by atoms with Gasteiger partial charge in [-0.05, 0) is 26.7 Å². The Morgan fingerprint density at radius 2 is 2.22 bits per heavy atom. The van der Waals surface area contributed by atoms with Crippen LogP contribution < -0.4 is 10.6 Å². The summed E-state index contributed by atoms with van der Waals surface area (Å²) in [5.41, 5.74) is 2.06. The number of piperidine rings is 1. The van der Waals surface area contributed by atoms with E-state index in [-0.39, 0.29) is 11.8 Å². The standard InChI is InChI=1S/C12H18N4O2/c1-7-10(8(2)16(3)15-7)12(18)14-9-5-4-6-13-11(9)17/h9H,4-6H2,1-3H3,(H,13,17)(H,14,18). The molecule has 2 rings (SSSR count). The van der Waals surface area contributed by atoms with Gasteiger partial charge in [-0.15, -0.1) is 0 Å². The minimum absolute atomic E-state index is 0.103. The Labute approximate surface area is 106 Å². The molecule has 1 saturated heterocycles. The molecule has 1 atom stereocenters. The molecule has 0 spiro atoms. The van der Waals surface area contributed by atoms with Crippen LogP contribution in [0.25, 0.3) is 0 Å². The molecule has 0 aromatic carbocycles. The lowest BCUT2D eigenvalue weighted by atomic mass is 10.1. The number of carbonyl (C=O) groups is 2. The number of hydrogen-bond acceptors (Lipinski definition) is 3. The zero-order chi connectivity index (χ0) is 13.3. The van der Waals surface area contributed by atoms with Gasteiger partial charge in [-0.2, -0.15) is 5.10 Å². The van der Waals surface area contributed by atoms with E-state index in [1.807, 2.05) is 6.92 Å². The van der Waals surface area contributed by atoms with Gasteiger partial charge in [-0.25, -0.2) is 0 Å². The van der Waals surface area contributed by atoms with E-state index in [9.17, 15) is 9.59 Å². The van der Waals surface area contributed by atoms with Gasteiger partial charge in [0, 0.05) is 19.3 Å². The van der Waals surface area contributed by atoms with Crippen molar-refractivity contribution in [2.24, 2.45) is 7.05 Å². The second-order valence-electron chi connectivity index (χ2n) is 4.63. The normalized spacial score (nSPS) is 19.5. The molecule has 1 aromatic heterocycles. The van der Waals surface area contributed by atoms with E-state index in [1.54, 1.807) is 18.7 Å². The second-order valence-corrected chi connectivity index (χ2v) is 4.63. The molecule has 1 fully saturated rings. The van der Waals surface area contributed by atoms with Gasteiger partial charge in [0.25, 0.3) is 5.91 Å². The summed E-state index contributed by atoms with van der Waals surface area (Å²) < 4.78 is 1.67. The SMILES string of the molecule is Cc1nn(C)c(C)c1C(=O)NC1CCCNC1=O. The lowest BCUT2D eigenvalue weighted by Gasteiger charge is -2.22. The first-order valence-corrected chi connectivity index (χ1v) is 6.09. The Hall–Kier alpha value is -1.85. The Morgan fingerprint density at radius 1 is 1.50 bits per heavy atom. The molecule has 0 saturated carbocycles. The molecule has 0 radical (unpaired) electrons. The van der Waals surface area contributed by atoms with Crippen molar-refractivity contribution in [3.63, 3.8) is 0 Å². The van der Waals surface area contributed by atoms with E-state index < -0.39 is 6.04 Å². The van der Waals surface area contributed by atoms with Crippen LogP contribution in [0.2, 0.25) is 0 Å². The first kappa shape index (κ1) is 12.6. The molecular weight excluding hydrogens is 232 g/mol. The average molecular weight is 250 g/mol. The van der Waals surface area contributed by atoms with Gasteiger partial charge in [0.05, 0.1) is 11.3 Å². The molecule has 2 amide bonds. The third kappa shape index (κ3) is 2.23. The van der Waals surface area contributed by atoms with E-state index in [0.29, 0.717) is 24.2 Å². The maximum Gasteiger partial charge on any atom is 0.255 e. The van der Waals surface area contributed by atoms with Crippen molar-refractivity contribution in [1.29, 1.82) is 0 Å². The summed E-state index contributed by atoms with van der Waals surface area (Å²) in [6.45, 7) is 4.33. The molecule has 1 unspecified atom stereocenters. The first-order chi connectivity index (χ1) is 8.50. The fourth-order valence-corrected chi connectivity index (χ4v) is 2.24. The van der Waals surface area contributed by atoms with Gasteiger partial charge >= 0.3 is 0 Å². The van der Waals surface area contributed by atoms with Gasteiger partial charge in [0.15, 0.2) is 0 Å². The molecule has 0 bridgehead atoms. The Morgan fingerprint density at radius 3 is 2.78 bits per heavy atom. The number of nitrogens with one attached hydrogen (secondary N) is 2. The van der Waals surface area contributed by atoms with E-state index in [1.165, 1.54) is 0 Å². The molecule has 2 N–H and O–H groups in total. The molecule has 1 aliphatic heterocycles. The second kappa shape index (κ2) is 4.80. The highest BCUT2D eigenvalue weighted by molar-refractivity contribution is 5.99. The molecule has 1 aliphatic rings. The topological polar surface area (TPSA) is 76.0 Å². The van der Waals surface area contributed by atoms with Crippen LogP contribution in [0.3, 0.4) is 0 Å². The van der Waals surface area contributed by atoms with Crippen LogP contribution in [-0.4, -0.2) is 34.2 Å². The zero-order valence-electron chi connectivity index (χ0n) is 10.9. The molecule has 6 nitrogen and oxygen atoms in total. The Bertz CT molecular complexity index is 493. The fraction of sp³-hybridized carbons (Fsp3) is 0.583. The van der Waals surface area contributed by atoms with Crippen LogP contribution >= 0.6 is 0 Å². The first-order valence-electron chi connectivity index (χ1n) is 6.09. The van der Waals surface area contributed by atoms with Crippen LogP contribution in [0, 0.1) is 13.8 Å². The van der Waals surface area contributed by atoms with Crippen LogP contribution in [-0.2, 0) is 11.8 Å². The van der Waals surface area contributed by atoms with Crippen LogP contribution in [0.15, 0.2) is 0 Å². The maximum atomic E-state index is 12.2. The number of aryl methyl sites for hydroxylation is 2. The van der Waals surface area contributed by atoms with Crippen LogP contribution in [0.4, 0.5) is 0 Å². The van der Waals surface area contributed by atoms with E-state index in [4.69, 9.17) is 0 Å². The summed E-state index contributed by atoms with van der Waals surface area (Å²) >= 11 is 0. The largest absolute Gasteiger partial charge is 0.354 e. The maximum absolute atomic E-state index is 12.2. The summed E-state index contributed by atoms with van der Waals surface area (Å²) in [6, 6.07) is -0.426. The molecular formula is C12H18N4O2. The number of hydrogen-bond donors (Lipinski definition) is 2. The monoisotopic (exact) mass is 250 g/mol. The van der Waals surface area contributed by atoms with E-state index in [0.717, 1.165) is 12.1 Å². The summed E-state index contributed by atoms with van der Waals surface area (Å²) in [6.07, 6.45) is 1.58. The third-order valence-electron chi connectivity index (χ3n) is 3.33. The molecule has 1 aromatic rings. The Balaban J connectivity index is 2.14. The van der Waals surface area contributed by atoms with Crippen molar-refractivity contribution in [3.8, 4) is 0 Å². The minimum atomic E-state index is -0.426. The summed E-state index contributed by atoms with van der Waals surface area (Å²) in [5.74, 6) is -0.325. The predicted molar refractivity (Wildman–Crippen MR) is 66.2 cm³/mol. The minimum Gasteiger partial charge on any atom is -0.354 e. The van der Waals surface area contributed by atoms with Crippen LogP contribution in [0.5, 0.6) is 0 Å². The third-order valence-corrected chi connectivity index (χ3v) is 3.33. The lowest BCUT2D eigenvalue weighted by molar-refractivity contribution is -0.124. The van der Waals surface area contributed by atoms with Crippen molar-refractivity contribution in [1.82, 2.24) is 20.4 Å². The quantitative estimate of drug-likeness (QED) is 0.778. The lowest BCUT2D eigenvalue weighted by Crippen LogP contribution is -2.50. The number of amides is 2. The van der Waals surface area contributed by atoms with Gasteiger partial charge in [-0.1, -0.05) is 0 Å². The van der Waals surface area contributed by atoms with Crippen molar-refractivity contribution in [2.45, 2.75) is 32.7 Å². The van der Waals surface area contributed by atoms with Gasteiger partial charge < -0.3 is 10.6 Å². The fourth-order valence-electron chi connectivity index (χ4n) is 2.24. The van der Waals surface area contributed by atoms with Crippen molar-refractivity contribution >= 4 is 11.8 Å². The molecule has 18 heavy (non-hydrogen) atoms. The van der Waals surface area contributed by atoms with Crippen LogP contribution in [0.1, 0.15) is 34.6 Å². The average Bonchev–Trinajstić information content (AvgIpc) is 2.56. The van der Waals surface area contributed by atoms with E-state index >= 15 is 0 Å². The number of carbonyl (C=O) groups excluding carboxylic acids is 2. The molecule has 6 heteroatoms. The number of rotatable bonds is 2. The summed E-state index contributed by atoms with van der Waals surface area (Å²) in [5, 5.41) is 9.72. The number of aromatic nitrogens is 2. The van der Waals surface area contributed by atoms with E-state index in [2.05, 4.69) is 15.7 Å². The number of nitrogens with zero attached hydrogens (tertiary/aromatic N) is 2. The van der Waals surface area contributed by atoms with Crippen molar-refractivity contribution in [2.75, 3.05) is 6.54 Å². The molecule has 2 heterocycles. The summed E-state index contributed by atoms with van der Waals surface area (Å²) in [4.78, 5) is 23.8. The highest BCUT2D eigenvalue weighted by Crippen LogP contribution is 2.13. The van der Waals surface area contributed by atoms with Gasteiger partial charge in [0.1, 0.15) is 6.04 Å². The molecule has 98 valence electrons. The predicted octanol–water partition coefficient (Wildman–Crippen LogP) is 0.0453. The highest BCUT2D eigenvalue weighted by atomic mass is 16.2. The Kier molecular flexibility index (Phi) is 3.36. The highest BCUT2D eigenvalue weighted by Gasteiger charge is 2.26. The van der Waals surface area contributed by atoms with Gasteiger partial charge in [-0.3, -0.25) is 14.3 Å². The van der Waals surface area contributed by atoms with Crippen molar-refractivity contribution in [3.05, 3.63) is 17.0 Å². The zero-order valence-corrected chi connectivity index (χ0v) is 10.9. The van der Waals surface area contributed by atoms with Gasteiger partial charge in [0.2, 0.25) is 5.91 Å². The smallest absolute Gasteiger partial charge is 0.255 e. The molecule has 0 aliphatic carbocycles.